The number of nitrogens with one attached hydrogen (secondary N) is 1. The molecule has 0 aliphatic carbocycles. The molecule has 160 valence electrons. The minimum atomic E-state index is -1.73. The first-order valence-corrected chi connectivity index (χ1v) is 12.8. The van der Waals surface area contributed by atoms with Crippen LogP contribution < -0.4 is 11.2 Å². The molecule has 0 spiro atoms. The zero-order chi connectivity index (χ0) is 21.4. The van der Waals surface area contributed by atoms with Gasteiger partial charge in [0.15, 0.2) is 12.0 Å². The van der Waals surface area contributed by atoms with Crippen LogP contribution in [0.5, 0.6) is 0 Å². The molecule has 8 nitrogen and oxygen atoms in total. The Labute approximate surface area is 171 Å². The van der Waals surface area contributed by atoms with E-state index in [9.17, 15) is 14.7 Å². The van der Waals surface area contributed by atoms with Gasteiger partial charge in [0.1, 0.15) is 32.5 Å². The van der Waals surface area contributed by atoms with E-state index in [1.807, 2.05) is 0 Å². The SMILES string of the molecule is CC[Si](C#C[C@@H](O)[C@H]1O[C@@H](n2ccc(=O)[nH]c2=O)[C@@H]2OC(C)(C)O[C@@H]21)(CC)CC. The van der Waals surface area contributed by atoms with Crippen LogP contribution >= 0.6 is 0 Å². The van der Waals surface area contributed by atoms with Crippen LogP contribution in [-0.2, 0) is 14.2 Å². The maximum atomic E-state index is 12.3. The quantitative estimate of drug-likeness (QED) is 0.549. The van der Waals surface area contributed by atoms with E-state index in [1.165, 1.54) is 16.8 Å². The van der Waals surface area contributed by atoms with Crippen molar-refractivity contribution in [3.05, 3.63) is 33.1 Å². The van der Waals surface area contributed by atoms with Crippen LogP contribution in [-0.4, -0.2) is 52.9 Å². The highest BCUT2D eigenvalue weighted by molar-refractivity contribution is 6.87. The number of ether oxygens (including phenoxy) is 3. The summed E-state index contributed by atoms with van der Waals surface area (Å²) < 4.78 is 19.2. The van der Waals surface area contributed by atoms with Crippen LogP contribution in [0.25, 0.3) is 0 Å². The van der Waals surface area contributed by atoms with Crippen molar-refractivity contribution in [2.75, 3.05) is 0 Å². The van der Waals surface area contributed by atoms with E-state index in [2.05, 4.69) is 37.2 Å². The molecule has 2 aliphatic heterocycles. The van der Waals surface area contributed by atoms with E-state index in [-0.39, 0.29) is 0 Å². The molecule has 0 saturated carbocycles. The molecule has 0 unspecified atom stereocenters. The molecule has 2 fully saturated rings. The summed E-state index contributed by atoms with van der Waals surface area (Å²) in [6, 6.07) is 4.33. The van der Waals surface area contributed by atoms with Crippen LogP contribution in [0.15, 0.2) is 21.9 Å². The van der Waals surface area contributed by atoms with Crippen molar-refractivity contribution >= 4 is 8.07 Å². The molecule has 0 amide bonds. The summed E-state index contributed by atoms with van der Waals surface area (Å²) in [5.74, 6) is 2.13. The molecule has 3 rings (SSSR count). The lowest BCUT2D eigenvalue weighted by Crippen LogP contribution is -2.38. The Balaban J connectivity index is 1.92. The standard InChI is InChI=1S/C20H30N2O6Si/c1-6-29(7-2,8-3)12-10-13(23)15-16-17(28-20(4,5)27-16)18(26-15)22-11-9-14(24)21-19(22)25/h9,11,13,15-18,23H,6-8H2,1-5H3,(H,21,24,25)/t13-,15-,16-,17-,18-/m1/s1. The second-order valence-electron chi connectivity index (χ2n) is 8.13. The summed E-state index contributed by atoms with van der Waals surface area (Å²) in [7, 11) is -1.73. The number of rotatable bonds is 5. The van der Waals surface area contributed by atoms with E-state index in [0.717, 1.165) is 18.1 Å². The van der Waals surface area contributed by atoms with E-state index in [4.69, 9.17) is 14.2 Å². The number of nitrogens with zero attached hydrogens (tertiary/aromatic N) is 1. The van der Waals surface area contributed by atoms with Crippen LogP contribution in [0.4, 0.5) is 0 Å². The van der Waals surface area contributed by atoms with E-state index in [1.54, 1.807) is 13.8 Å². The molecule has 3 heterocycles. The summed E-state index contributed by atoms with van der Waals surface area (Å²) >= 11 is 0. The largest absolute Gasteiger partial charge is 0.378 e. The lowest BCUT2D eigenvalue weighted by molar-refractivity contribution is -0.204. The minimum Gasteiger partial charge on any atom is -0.378 e. The number of H-pyrrole nitrogens is 1. The Hall–Kier alpha value is -1.70. The van der Waals surface area contributed by atoms with Gasteiger partial charge in [-0.15, -0.1) is 5.54 Å². The highest BCUT2D eigenvalue weighted by Gasteiger charge is 2.57. The molecule has 1 aromatic rings. The first-order valence-electron chi connectivity index (χ1n) is 10.2. The number of aromatic amines is 1. The molecule has 29 heavy (non-hydrogen) atoms. The third-order valence-corrected chi connectivity index (χ3v) is 10.8. The predicted molar refractivity (Wildman–Crippen MR) is 110 cm³/mol. The van der Waals surface area contributed by atoms with Gasteiger partial charge in [-0.05, 0) is 32.0 Å². The van der Waals surface area contributed by atoms with Gasteiger partial charge < -0.3 is 19.3 Å². The Morgan fingerprint density at radius 1 is 1.21 bits per heavy atom. The second kappa shape index (κ2) is 8.20. The van der Waals surface area contributed by atoms with Crippen molar-refractivity contribution in [2.45, 2.75) is 89.2 Å². The first kappa shape index (κ1) is 22.0. The van der Waals surface area contributed by atoms with Crippen LogP contribution in [0, 0.1) is 11.5 Å². The number of aliphatic hydroxyl groups excluding tert-OH is 1. The minimum absolute atomic E-state index is 0.493. The summed E-state index contributed by atoms with van der Waals surface area (Å²) in [6.45, 7) is 10.00. The molecule has 9 heteroatoms. The van der Waals surface area contributed by atoms with Crippen LogP contribution in [0.2, 0.25) is 18.1 Å². The maximum Gasteiger partial charge on any atom is 0.330 e. The Bertz CT molecular complexity index is 902. The highest BCUT2D eigenvalue weighted by Crippen LogP contribution is 2.43. The van der Waals surface area contributed by atoms with Gasteiger partial charge >= 0.3 is 5.69 Å². The zero-order valence-corrected chi connectivity index (χ0v) is 18.6. The molecule has 0 aromatic carbocycles. The number of aliphatic hydroxyl groups is 1. The maximum absolute atomic E-state index is 12.3. The fraction of sp³-hybridized carbons (Fsp3) is 0.700. The Kier molecular flexibility index (Phi) is 6.22. The lowest BCUT2D eigenvalue weighted by atomic mass is 10.1. The summed E-state index contributed by atoms with van der Waals surface area (Å²) in [5, 5.41) is 10.8. The van der Waals surface area contributed by atoms with Gasteiger partial charge in [-0.25, -0.2) is 4.79 Å². The van der Waals surface area contributed by atoms with E-state index < -0.39 is 55.8 Å². The van der Waals surface area contributed by atoms with Gasteiger partial charge in [-0.3, -0.25) is 14.3 Å². The molecular formula is C20H30N2O6Si. The fourth-order valence-corrected chi connectivity index (χ4v) is 6.52. The first-order chi connectivity index (χ1) is 13.6. The highest BCUT2D eigenvalue weighted by atomic mass is 28.3. The van der Waals surface area contributed by atoms with Crippen LogP contribution in [0.3, 0.4) is 0 Å². The Morgan fingerprint density at radius 2 is 1.83 bits per heavy atom. The summed E-state index contributed by atoms with van der Waals surface area (Å²) in [6.07, 6.45) is -2.51. The average molecular weight is 423 g/mol. The molecule has 2 saturated heterocycles. The number of hydrogen-bond acceptors (Lipinski definition) is 6. The van der Waals surface area contributed by atoms with E-state index in [0.29, 0.717) is 0 Å². The molecule has 2 aliphatic rings. The average Bonchev–Trinajstić information content (AvgIpc) is 3.16. The predicted octanol–water partition coefficient (Wildman–Crippen LogP) is 1.37. The molecule has 2 N–H and O–H groups in total. The number of aromatic nitrogens is 2. The van der Waals surface area contributed by atoms with Gasteiger partial charge in [0.25, 0.3) is 5.56 Å². The van der Waals surface area contributed by atoms with Crippen LogP contribution in [0.1, 0.15) is 40.8 Å². The summed E-state index contributed by atoms with van der Waals surface area (Å²) in [4.78, 5) is 25.9. The van der Waals surface area contributed by atoms with Gasteiger partial charge in [0.2, 0.25) is 0 Å². The van der Waals surface area contributed by atoms with E-state index >= 15 is 0 Å². The van der Waals surface area contributed by atoms with Crippen molar-refractivity contribution in [1.82, 2.24) is 9.55 Å². The summed E-state index contributed by atoms with van der Waals surface area (Å²) in [5.41, 5.74) is 2.28. The molecule has 0 radical (unpaired) electrons. The van der Waals surface area contributed by atoms with Crippen molar-refractivity contribution in [3.63, 3.8) is 0 Å². The molecule has 5 atom stereocenters. The third kappa shape index (κ3) is 4.27. The zero-order valence-electron chi connectivity index (χ0n) is 17.6. The fourth-order valence-electron chi connectivity index (χ4n) is 4.04. The molecule has 1 aromatic heterocycles. The van der Waals surface area contributed by atoms with Gasteiger partial charge in [0, 0.05) is 12.3 Å². The van der Waals surface area contributed by atoms with Crippen molar-refractivity contribution in [1.29, 1.82) is 0 Å². The normalized spacial score (nSPS) is 29.2. The van der Waals surface area contributed by atoms with Crippen molar-refractivity contribution in [3.8, 4) is 11.5 Å². The van der Waals surface area contributed by atoms with Gasteiger partial charge in [-0.2, -0.15) is 0 Å². The number of hydrogen-bond donors (Lipinski definition) is 2. The lowest BCUT2D eigenvalue weighted by Gasteiger charge is -2.26. The monoisotopic (exact) mass is 422 g/mol. The smallest absolute Gasteiger partial charge is 0.330 e. The topological polar surface area (TPSA) is 103 Å². The molecule has 0 bridgehead atoms. The van der Waals surface area contributed by atoms with Gasteiger partial charge in [-0.1, -0.05) is 26.7 Å². The Morgan fingerprint density at radius 3 is 2.41 bits per heavy atom. The van der Waals surface area contributed by atoms with Crippen molar-refractivity contribution in [2.24, 2.45) is 0 Å². The molecular weight excluding hydrogens is 392 g/mol. The third-order valence-electron chi connectivity index (χ3n) is 6.02. The van der Waals surface area contributed by atoms with Crippen molar-refractivity contribution < 1.29 is 19.3 Å². The van der Waals surface area contributed by atoms with Gasteiger partial charge in [0.05, 0.1) is 0 Å². The number of fused-ring (bicyclic) bond motifs is 1. The second-order valence-corrected chi connectivity index (χ2v) is 13.1.